The van der Waals surface area contributed by atoms with E-state index in [0.717, 1.165) is 7.11 Å². The summed E-state index contributed by atoms with van der Waals surface area (Å²) in [5.74, 6) is -9.90. The minimum absolute atomic E-state index is 0.0305. The van der Waals surface area contributed by atoms with Gasteiger partial charge in [-0.15, -0.1) is 0 Å². The van der Waals surface area contributed by atoms with Gasteiger partial charge in [0.15, 0.2) is 5.82 Å². The number of anilines is 1. The van der Waals surface area contributed by atoms with E-state index in [1.54, 1.807) is 6.08 Å². The van der Waals surface area contributed by atoms with E-state index in [1.165, 1.54) is 50.6 Å². The van der Waals surface area contributed by atoms with Crippen LogP contribution in [0.4, 0.5) is 23.8 Å². The maximum atomic E-state index is 15.3. The lowest BCUT2D eigenvalue weighted by molar-refractivity contribution is -0.140. The van der Waals surface area contributed by atoms with Gasteiger partial charge >= 0.3 is 12.3 Å². The summed E-state index contributed by atoms with van der Waals surface area (Å²) in [4.78, 5) is 74.4. The summed E-state index contributed by atoms with van der Waals surface area (Å²) in [6.45, 7) is 0. The number of nitrogens with one attached hydrogen (secondary N) is 1. The Kier molecular flexibility index (Phi) is 9.04. The Morgan fingerprint density at radius 2 is 1.69 bits per heavy atom. The minimum Gasteiger partial charge on any atom is -0.507 e. The highest BCUT2D eigenvalue weighted by atomic mass is 35.5. The molecule has 3 fully saturated rings. The molecule has 0 bridgehead atoms. The number of aromatic hydroxyl groups is 1. The van der Waals surface area contributed by atoms with Crippen molar-refractivity contribution in [2.24, 2.45) is 23.7 Å². The van der Waals surface area contributed by atoms with E-state index in [9.17, 15) is 37.5 Å². The van der Waals surface area contributed by atoms with Gasteiger partial charge in [-0.05, 0) is 42.5 Å². The number of likely N-dealkylation sites (tertiary alicyclic amines) is 1. The van der Waals surface area contributed by atoms with Gasteiger partial charge in [0.05, 0.1) is 55.1 Å². The number of hydrazine groups is 1. The Labute approximate surface area is 314 Å². The smallest absolute Gasteiger partial charge is 0.423 e. The molecule has 6 atom stereocenters. The van der Waals surface area contributed by atoms with Gasteiger partial charge in [-0.3, -0.25) is 24.6 Å². The molecular formula is C36H29Cl2F3N4O9. The van der Waals surface area contributed by atoms with E-state index >= 15 is 4.79 Å². The summed E-state index contributed by atoms with van der Waals surface area (Å²) in [6, 6.07) is 9.39. The van der Waals surface area contributed by atoms with Gasteiger partial charge < -0.3 is 19.3 Å². The number of pyridine rings is 1. The number of carbonyl (C=O) groups excluding carboxylic acids is 5. The first-order chi connectivity index (χ1) is 25.6. The number of allylic oxidation sites excluding steroid dienone is 2. The molecule has 2 aliphatic heterocycles. The zero-order valence-electron chi connectivity index (χ0n) is 28.4. The summed E-state index contributed by atoms with van der Waals surface area (Å²) >= 11 is 12.5. The molecule has 0 spiro atoms. The summed E-state index contributed by atoms with van der Waals surface area (Å²) < 4.78 is 56.2. The molecule has 13 nitrogen and oxygen atoms in total. The van der Waals surface area contributed by atoms with Crippen molar-refractivity contribution in [1.82, 2.24) is 14.9 Å². The normalized spacial score (nSPS) is 26.2. The van der Waals surface area contributed by atoms with E-state index in [-0.39, 0.29) is 40.5 Å². The van der Waals surface area contributed by atoms with Gasteiger partial charge in [0.1, 0.15) is 17.2 Å². The van der Waals surface area contributed by atoms with E-state index < -0.39 is 93.1 Å². The molecule has 0 radical (unpaired) electrons. The molecule has 4 aliphatic rings. The Morgan fingerprint density at radius 3 is 2.30 bits per heavy atom. The zero-order chi connectivity index (χ0) is 39.0. The van der Waals surface area contributed by atoms with Gasteiger partial charge in [-0.1, -0.05) is 47.0 Å². The molecular weight excluding hydrogens is 760 g/mol. The number of amides is 5. The predicted octanol–water partition coefficient (Wildman–Crippen LogP) is 5.88. The molecule has 3 heterocycles. The van der Waals surface area contributed by atoms with Crippen LogP contribution in [0.15, 0.2) is 60.3 Å². The van der Waals surface area contributed by atoms with Crippen LogP contribution in [0.3, 0.4) is 0 Å². The maximum absolute atomic E-state index is 15.3. The third kappa shape index (κ3) is 5.36. The Bertz CT molecular complexity index is 2170. The fourth-order valence-corrected chi connectivity index (χ4v) is 8.87. The molecule has 2 aromatic carbocycles. The van der Waals surface area contributed by atoms with Crippen molar-refractivity contribution >= 4 is 58.7 Å². The SMILES string of the molecule is COC(=O)N1C(=O)C2CC=C3C(CC4C(=O)N(Nc5ncc(C(F)(F)F)cc5Cl)C(=O)C4(c4ccc(Cl)cc4)C3c3c(O)cc(OC)cc3OC)C2C1=O. The number of hydrogen-bond acceptors (Lipinski definition) is 11. The van der Waals surface area contributed by atoms with Gasteiger partial charge in [0.2, 0.25) is 11.8 Å². The van der Waals surface area contributed by atoms with Crippen molar-refractivity contribution in [2.75, 3.05) is 26.8 Å². The number of imide groups is 4. The zero-order valence-corrected chi connectivity index (χ0v) is 30.0. The number of alkyl halides is 3. The lowest BCUT2D eigenvalue weighted by Crippen LogP contribution is -2.53. The van der Waals surface area contributed by atoms with Crippen LogP contribution in [0.25, 0.3) is 0 Å². The number of phenolic OH excluding ortho intramolecular Hbond substituents is 1. The molecule has 282 valence electrons. The average molecular weight is 790 g/mol. The highest BCUT2D eigenvalue weighted by molar-refractivity contribution is 6.33. The lowest BCUT2D eigenvalue weighted by atomic mass is 9.49. The molecule has 18 heteroatoms. The lowest BCUT2D eigenvalue weighted by Gasteiger charge is -2.50. The average Bonchev–Trinajstić information content (AvgIpc) is 3.52. The van der Waals surface area contributed by atoms with E-state index in [0.29, 0.717) is 27.7 Å². The van der Waals surface area contributed by atoms with Crippen LogP contribution in [0.2, 0.25) is 10.0 Å². The second-order valence-corrected chi connectivity index (χ2v) is 14.0. The number of hydrogen-bond donors (Lipinski definition) is 2. The third-order valence-corrected chi connectivity index (χ3v) is 11.3. The second kappa shape index (κ2) is 13.2. The Balaban J connectivity index is 1.48. The summed E-state index contributed by atoms with van der Waals surface area (Å²) in [5, 5.41) is 12.1. The summed E-state index contributed by atoms with van der Waals surface area (Å²) in [5.41, 5.74) is 0.0658. The highest BCUT2D eigenvalue weighted by Gasteiger charge is 2.71. The number of benzene rings is 2. The monoisotopic (exact) mass is 788 g/mol. The fraction of sp³-hybridized carbons (Fsp3) is 0.333. The Morgan fingerprint density at radius 1 is 0.981 bits per heavy atom. The third-order valence-electron chi connectivity index (χ3n) is 10.8. The van der Waals surface area contributed by atoms with Crippen LogP contribution < -0.4 is 14.9 Å². The summed E-state index contributed by atoms with van der Waals surface area (Å²) in [7, 11) is 3.70. The molecule has 2 N–H and O–H groups in total. The molecule has 2 aliphatic carbocycles. The minimum atomic E-state index is -4.79. The number of nitrogens with zero attached hydrogens (tertiary/aromatic N) is 3. The first kappa shape index (κ1) is 37.0. The van der Waals surface area contributed by atoms with Crippen LogP contribution in [0.5, 0.6) is 17.2 Å². The van der Waals surface area contributed by atoms with Gasteiger partial charge in [0.25, 0.3) is 11.8 Å². The van der Waals surface area contributed by atoms with Crippen molar-refractivity contribution in [3.8, 4) is 17.2 Å². The van der Waals surface area contributed by atoms with Crippen molar-refractivity contribution in [1.29, 1.82) is 0 Å². The Hall–Kier alpha value is -5.35. The fourth-order valence-electron chi connectivity index (χ4n) is 8.53. The molecule has 3 aromatic rings. The number of ether oxygens (including phenoxy) is 3. The summed E-state index contributed by atoms with van der Waals surface area (Å²) in [6.07, 6.45) is -4.10. The van der Waals surface area contributed by atoms with Crippen LogP contribution in [0.1, 0.15) is 35.4 Å². The molecule has 54 heavy (non-hydrogen) atoms. The van der Waals surface area contributed by atoms with Crippen LogP contribution in [-0.2, 0) is 35.5 Å². The standard InChI is InChI=1S/C36H29Cl2F3N4O9/c1-52-18-11-24(46)27(25(12-18)53-2)28-19-8-9-20-26(32(49)44(30(20)47)34(51)54-3)21(19)13-22-31(48)45(33(50)35(22,28)15-4-6-17(37)7-5-15)43-29-23(38)10-16(14-42-29)36(39,40)41/h4-8,10-12,14,20-22,26,28,46H,9,13H2,1-3H3,(H,42,43). The molecule has 2 saturated heterocycles. The maximum Gasteiger partial charge on any atom is 0.423 e. The van der Waals surface area contributed by atoms with Crippen LogP contribution >= 0.6 is 23.2 Å². The first-order valence-corrected chi connectivity index (χ1v) is 17.1. The number of phenols is 1. The molecule has 7 rings (SSSR count). The van der Waals surface area contributed by atoms with Crippen molar-refractivity contribution in [2.45, 2.75) is 30.4 Å². The van der Waals surface area contributed by atoms with Gasteiger partial charge in [-0.2, -0.15) is 23.1 Å². The van der Waals surface area contributed by atoms with E-state index in [4.69, 9.17) is 37.4 Å². The van der Waals surface area contributed by atoms with Gasteiger partial charge in [0, 0.05) is 34.8 Å². The predicted molar refractivity (Wildman–Crippen MR) is 182 cm³/mol. The molecule has 5 amide bonds. The number of halogens is 5. The quantitative estimate of drug-likeness (QED) is 0.226. The number of rotatable bonds is 6. The molecule has 6 unspecified atom stereocenters. The number of carbonyl (C=O) groups is 5. The van der Waals surface area contributed by atoms with Gasteiger partial charge in [-0.25, -0.2) is 9.78 Å². The van der Waals surface area contributed by atoms with Crippen LogP contribution in [0, 0.1) is 23.7 Å². The number of aromatic nitrogens is 1. The van der Waals surface area contributed by atoms with Crippen molar-refractivity contribution in [3.05, 3.63) is 87.0 Å². The van der Waals surface area contributed by atoms with E-state index in [2.05, 4.69) is 10.4 Å². The van der Waals surface area contributed by atoms with Crippen molar-refractivity contribution in [3.63, 3.8) is 0 Å². The largest absolute Gasteiger partial charge is 0.507 e. The highest BCUT2D eigenvalue weighted by Crippen LogP contribution is 2.66. The van der Waals surface area contributed by atoms with Crippen LogP contribution in [-0.4, -0.2) is 71.1 Å². The molecule has 1 aromatic heterocycles. The topological polar surface area (TPSA) is 165 Å². The van der Waals surface area contributed by atoms with E-state index in [1.807, 2.05) is 0 Å². The molecule has 1 saturated carbocycles. The number of fused-ring (bicyclic) bond motifs is 4. The van der Waals surface area contributed by atoms with Crippen molar-refractivity contribution < 1.29 is 56.5 Å². The first-order valence-electron chi connectivity index (χ1n) is 16.3. The second-order valence-electron chi connectivity index (χ2n) is 13.2. The number of methoxy groups -OCH3 is 3.